The number of carbonyl (C=O) groups is 1. The Balaban J connectivity index is 4.09. The molecule has 58 valence electrons. The molecule has 0 heterocycles. The summed E-state index contributed by atoms with van der Waals surface area (Å²) in [6.45, 7) is 1.96. The lowest BCUT2D eigenvalue weighted by molar-refractivity contribution is -0.138. The van der Waals surface area contributed by atoms with E-state index in [0.29, 0.717) is 0 Å². The van der Waals surface area contributed by atoms with Crippen molar-refractivity contribution in [2.24, 2.45) is 11.5 Å². The van der Waals surface area contributed by atoms with Crippen LogP contribution in [0.3, 0.4) is 0 Å². The van der Waals surface area contributed by atoms with Crippen molar-refractivity contribution in [3.05, 3.63) is 10.7 Å². The highest BCUT2D eigenvalue weighted by Crippen LogP contribution is 1.97. The van der Waals surface area contributed by atoms with Crippen LogP contribution >= 0.6 is 12.6 Å². The Morgan fingerprint density at radius 2 is 2.10 bits per heavy atom. The molecular formula is C5H10N2O2S. The third-order valence-electron chi connectivity index (χ3n) is 0.771. The zero-order chi connectivity index (χ0) is 8.15. The Kier molecular flexibility index (Phi) is 3.71. The molecule has 0 aromatic heterocycles. The van der Waals surface area contributed by atoms with Gasteiger partial charge in [0.2, 0.25) is 0 Å². The minimum absolute atomic E-state index is 0.0153. The summed E-state index contributed by atoms with van der Waals surface area (Å²) in [7, 11) is 0. The van der Waals surface area contributed by atoms with Crippen LogP contribution in [0.5, 0.6) is 0 Å². The van der Waals surface area contributed by atoms with Gasteiger partial charge in [-0.15, -0.1) is 12.6 Å². The van der Waals surface area contributed by atoms with E-state index in [1.807, 2.05) is 0 Å². The summed E-state index contributed by atoms with van der Waals surface area (Å²) in [6, 6.07) is 0. The summed E-state index contributed by atoms with van der Waals surface area (Å²) >= 11 is 3.66. The van der Waals surface area contributed by atoms with Crippen LogP contribution in [-0.2, 0) is 9.53 Å². The number of hydrogen-bond acceptors (Lipinski definition) is 5. The molecule has 0 unspecified atom stereocenters. The lowest BCUT2D eigenvalue weighted by Gasteiger charge is -2.01. The second-order valence-electron chi connectivity index (χ2n) is 1.52. The average molecular weight is 162 g/mol. The molecule has 0 radical (unpaired) electrons. The van der Waals surface area contributed by atoms with E-state index in [4.69, 9.17) is 11.5 Å². The Morgan fingerprint density at radius 1 is 1.60 bits per heavy atom. The van der Waals surface area contributed by atoms with Gasteiger partial charge < -0.3 is 16.2 Å². The maximum atomic E-state index is 10.7. The van der Waals surface area contributed by atoms with Crippen molar-refractivity contribution < 1.29 is 9.53 Å². The van der Waals surface area contributed by atoms with Gasteiger partial charge in [-0.25, -0.2) is 4.79 Å². The van der Waals surface area contributed by atoms with Crippen LogP contribution in [0.15, 0.2) is 10.7 Å². The first-order valence-corrected chi connectivity index (χ1v) is 3.15. The van der Waals surface area contributed by atoms with Crippen molar-refractivity contribution in [1.29, 1.82) is 0 Å². The van der Waals surface area contributed by atoms with Crippen LogP contribution in [0.25, 0.3) is 0 Å². The van der Waals surface area contributed by atoms with E-state index in [1.165, 1.54) is 0 Å². The lowest BCUT2D eigenvalue weighted by Crippen LogP contribution is -2.18. The van der Waals surface area contributed by atoms with E-state index in [-0.39, 0.29) is 17.3 Å². The molecule has 0 aliphatic rings. The highest BCUT2D eigenvalue weighted by Gasteiger charge is 2.07. The van der Waals surface area contributed by atoms with Crippen LogP contribution in [0.4, 0.5) is 0 Å². The topological polar surface area (TPSA) is 78.3 Å². The predicted octanol–water partition coefficient (Wildman–Crippen LogP) is -0.434. The van der Waals surface area contributed by atoms with Gasteiger partial charge in [0.15, 0.2) is 0 Å². The molecule has 0 amide bonds. The molecule has 4 N–H and O–H groups in total. The number of thiol groups is 1. The molecule has 5 heteroatoms. The Hall–Kier alpha value is -0.840. The van der Waals surface area contributed by atoms with Gasteiger partial charge in [-0.1, -0.05) is 0 Å². The molecule has 10 heavy (non-hydrogen) atoms. The molecule has 0 aromatic carbocycles. The summed E-state index contributed by atoms with van der Waals surface area (Å²) in [5.41, 5.74) is 10.1. The number of esters is 1. The van der Waals surface area contributed by atoms with Crippen LogP contribution < -0.4 is 11.5 Å². The van der Waals surface area contributed by atoms with E-state index in [1.54, 1.807) is 6.92 Å². The summed E-state index contributed by atoms with van der Waals surface area (Å²) in [5.74, 6) is -0.630. The first kappa shape index (κ1) is 9.16. The SMILES string of the molecule is CCOC(=O)/C(N)=C(\N)S. The molecule has 0 saturated heterocycles. The van der Waals surface area contributed by atoms with Crippen molar-refractivity contribution in [3.8, 4) is 0 Å². The largest absolute Gasteiger partial charge is 0.461 e. The molecule has 0 spiro atoms. The van der Waals surface area contributed by atoms with Crippen LogP contribution in [0, 0.1) is 0 Å². The molecule has 0 fully saturated rings. The third kappa shape index (κ3) is 2.63. The van der Waals surface area contributed by atoms with Gasteiger partial charge in [-0.3, -0.25) is 0 Å². The number of ether oxygens (including phenoxy) is 1. The predicted molar refractivity (Wildman–Crippen MR) is 41.0 cm³/mol. The fourth-order valence-electron chi connectivity index (χ4n) is 0.313. The van der Waals surface area contributed by atoms with Gasteiger partial charge in [0, 0.05) is 0 Å². The zero-order valence-corrected chi connectivity index (χ0v) is 6.52. The van der Waals surface area contributed by atoms with Crippen LogP contribution in [0.2, 0.25) is 0 Å². The number of carbonyl (C=O) groups excluding carboxylic acids is 1. The van der Waals surface area contributed by atoms with Gasteiger partial charge in [-0.05, 0) is 6.92 Å². The standard InChI is InChI=1S/C5H10N2O2S/c1-2-9-5(8)3(6)4(7)10/h10H,2,6-7H2,1H3/b4-3-. The van der Waals surface area contributed by atoms with E-state index in [0.717, 1.165) is 0 Å². The molecule has 0 aliphatic heterocycles. The highest BCUT2D eigenvalue weighted by molar-refractivity contribution is 7.84. The average Bonchev–Trinajstić information content (AvgIpc) is 1.87. The maximum Gasteiger partial charge on any atom is 0.356 e. The van der Waals surface area contributed by atoms with Crippen LogP contribution in [-0.4, -0.2) is 12.6 Å². The van der Waals surface area contributed by atoms with E-state index < -0.39 is 5.97 Å². The Bertz CT molecular complexity index is 163. The highest BCUT2D eigenvalue weighted by atomic mass is 32.1. The zero-order valence-electron chi connectivity index (χ0n) is 5.63. The molecule has 0 bridgehead atoms. The molecule has 0 atom stereocenters. The fourth-order valence-corrected chi connectivity index (χ4v) is 0.405. The van der Waals surface area contributed by atoms with Gasteiger partial charge in [-0.2, -0.15) is 0 Å². The number of hydrogen-bond donors (Lipinski definition) is 3. The quantitative estimate of drug-likeness (QED) is 0.292. The first-order chi connectivity index (χ1) is 4.59. The van der Waals surface area contributed by atoms with Crippen LogP contribution in [0.1, 0.15) is 6.92 Å². The number of rotatable bonds is 2. The summed E-state index contributed by atoms with van der Waals surface area (Å²) in [5, 5.41) is -0.0153. The van der Waals surface area contributed by atoms with Gasteiger partial charge in [0.1, 0.15) is 5.70 Å². The molecule has 0 aromatic rings. The molecular weight excluding hydrogens is 152 g/mol. The normalized spacial score (nSPS) is 12.2. The molecule has 0 rings (SSSR count). The number of nitrogens with two attached hydrogens (primary N) is 2. The minimum atomic E-state index is -0.630. The monoisotopic (exact) mass is 162 g/mol. The Morgan fingerprint density at radius 3 is 2.40 bits per heavy atom. The Labute approximate surface area is 64.6 Å². The summed E-state index contributed by atoms with van der Waals surface area (Å²) < 4.78 is 4.51. The second-order valence-corrected chi connectivity index (χ2v) is 2.00. The van der Waals surface area contributed by atoms with Gasteiger partial charge in [0.25, 0.3) is 0 Å². The van der Waals surface area contributed by atoms with Crippen molar-refractivity contribution in [2.45, 2.75) is 6.92 Å². The third-order valence-corrected chi connectivity index (χ3v) is 1.01. The van der Waals surface area contributed by atoms with E-state index >= 15 is 0 Å². The lowest BCUT2D eigenvalue weighted by atomic mass is 10.5. The van der Waals surface area contributed by atoms with Crippen molar-refractivity contribution in [1.82, 2.24) is 0 Å². The molecule has 0 aliphatic carbocycles. The second kappa shape index (κ2) is 4.05. The van der Waals surface area contributed by atoms with Gasteiger partial charge >= 0.3 is 5.97 Å². The minimum Gasteiger partial charge on any atom is -0.461 e. The fraction of sp³-hybridized carbons (Fsp3) is 0.400. The van der Waals surface area contributed by atoms with Crippen molar-refractivity contribution in [3.63, 3.8) is 0 Å². The summed E-state index contributed by atoms with van der Waals surface area (Å²) in [4.78, 5) is 10.7. The first-order valence-electron chi connectivity index (χ1n) is 2.70. The van der Waals surface area contributed by atoms with Crippen molar-refractivity contribution >= 4 is 18.6 Å². The summed E-state index contributed by atoms with van der Waals surface area (Å²) in [6.07, 6.45) is 0. The van der Waals surface area contributed by atoms with Gasteiger partial charge in [0.05, 0.1) is 11.6 Å². The molecule has 4 nitrogen and oxygen atoms in total. The maximum absolute atomic E-state index is 10.7. The van der Waals surface area contributed by atoms with E-state index in [2.05, 4.69) is 17.4 Å². The van der Waals surface area contributed by atoms with E-state index in [9.17, 15) is 4.79 Å². The smallest absolute Gasteiger partial charge is 0.356 e. The molecule has 0 saturated carbocycles. The van der Waals surface area contributed by atoms with Crippen molar-refractivity contribution in [2.75, 3.05) is 6.61 Å².